The van der Waals surface area contributed by atoms with Gasteiger partial charge in [0.15, 0.2) is 0 Å². The van der Waals surface area contributed by atoms with Gasteiger partial charge in [0.25, 0.3) is 5.91 Å². The van der Waals surface area contributed by atoms with E-state index in [-0.39, 0.29) is 22.8 Å². The normalized spacial score (nSPS) is 16.2. The Morgan fingerprint density at radius 3 is 2.21 bits per heavy atom. The average molecular weight is 832 g/mol. The maximum absolute atomic E-state index is 13.0. The average Bonchev–Trinajstić information content (AvgIpc) is 3.58. The minimum absolute atomic E-state index is 0.000146. The molecule has 6 N–H and O–H groups in total. The van der Waals surface area contributed by atoms with Crippen molar-refractivity contribution in [2.24, 2.45) is 0 Å². The number of hydrogen-bond donors (Lipinski definition) is 6. The van der Waals surface area contributed by atoms with Gasteiger partial charge in [-0.1, -0.05) is 30.3 Å². The predicted octanol–water partition coefficient (Wildman–Crippen LogP) is 4.60. The van der Waals surface area contributed by atoms with Crippen LogP contribution in [0.2, 0.25) is 0 Å². The lowest BCUT2D eigenvalue weighted by atomic mass is 9.89. The number of carbonyl (C=O) groups excluding carboxylic acids is 1. The Labute approximate surface area is 324 Å². The number of benzene rings is 2. The van der Waals surface area contributed by atoms with Crippen LogP contribution in [0.1, 0.15) is 51.1 Å². The Balaban J connectivity index is 0.000000440. The highest BCUT2D eigenvalue weighted by Crippen LogP contribution is 2.32. The predicted molar refractivity (Wildman–Crippen MR) is 193 cm³/mol. The number of likely N-dealkylation sites (tertiary alicyclic amines) is 1. The minimum Gasteiger partial charge on any atom is -0.506 e. The maximum Gasteiger partial charge on any atom is 0.490 e. The van der Waals surface area contributed by atoms with Gasteiger partial charge in [0.1, 0.15) is 11.4 Å². The van der Waals surface area contributed by atoms with Crippen LogP contribution >= 0.6 is 11.3 Å². The van der Waals surface area contributed by atoms with Gasteiger partial charge < -0.3 is 40.4 Å². The number of aliphatic hydroxyl groups is 1. The van der Waals surface area contributed by atoms with Crippen LogP contribution < -0.4 is 10.9 Å². The molecule has 21 heteroatoms. The Hall–Kier alpha value is -5.09. The second kappa shape index (κ2) is 18.9. The third-order valence-corrected chi connectivity index (χ3v) is 9.73. The monoisotopic (exact) mass is 831 g/mol. The fourth-order valence-corrected chi connectivity index (χ4v) is 6.76. The van der Waals surface area contributed by atoms with Crippen molar-refractivity contribution < 1.29 is 65.9 Å². The van der Waals surface area contributed by atoms with Crippen LogP contribution in [0.15, 0.2) is 58.7 Å². The van der Waals surface area contributed by atoms with Crippen LogP contribution in [0.4, 0.5) is 26.3 Å². The Morgan fingerprint density at radius 2 is 1.61 bits per heavy atom. The fourth-order valence-electron chi connectivity index (χ4n) is 6.17. The molecule has 0 unspecified atom stereocenters. The standard InChI is InChI=1S/C32H37N5O5S.2C2HF3O2/c1-21-34-26(19-43-21)31(41)37-13-14-42-32(20-37)9-11-36(12-10-32)18-23-4-2-3-22(15-23)16-33-17-28(39)24-5-7-27(38)30-25(24)6-8-29(40)35-30;2*3-2(4,5)1(6)7/h2-8,15,19,28,33,38-39H,9-14,16-18,20H2,1H3,(H,35,40);2*(H,6,7)/t28-;;/m0../s1. The molecule has 14 nitrogen and oxygen atoms in total. The highest BCUT2D eigenvalue weighted by Gasteiger charge is 2.42. The van der Waals surface area contributed by atoms with Gasteiger partial charge in [-0.05, 0) is 48.6 Å². The number of phenolic OH excluding ortho intramolecular Hbond substituents is 1. The molecular formula is C36H39F6N5O9S. The number of thiazole rings is 1. The first-order valence-corrected chi connectivity index (χ1v) is 18.0. The van der Waals surface area contributed by atoms with Crippen LogP contribution in [0.3, 0.4) is 0 Å². The molecule has 4 aromatic rings. The van der Waals surface area contributed by atoms with Crippen molar-refractivity contribution in [3.8, 4) is 5.75 Å². The largest absolute Gasteiger partial charge is 0.506 e. The van der Waals surface area contributed by atoms with E-state index in [9.17, 15) is 46.1 Å². The number of nitrogens with zero attached hydrogens (tertiary/aromatic N) is 3. The molecule has 2 aliphatic rings. The van der Waals surface area contributed by atoms with E-state index >= 15 is 0 Å². The molecule has 0 bridgehead atoms. The summed E-state index contributed by atoms with van der Waals surface area (Å²) in [5.41, 5.74) is 3.25. The highest BCUT2D eigenvalue weighted by atomic mass is 32.1. The summed E-state index contributed by atoms with van der Waals surface area (Å²) in [7, 11) is 0. The number of ether oxygens (including phenoxy) is 1. The van der Waals surface area contributed by atoms with E-state index in [4.69, 9.17) is 24.5 Å². The number of aromatic hydroxyl groups is 1. The van der Waals surface area contributed by atoms with Gasteiger partial charge in [-0.2, -0.15) is 26.3 Å². The summed E-state index contributed by atoms with van der Waals surface area (Å²) in [4.78, 5) is 53.9. The fraction of sp³-hybridized carbons (Fsp3) is 0.417. The number of piperidine rings is 1. The van der Waals surface area contributed by atoms with E-state index in [1.807, 2.05) is 17.2 Å². The number of aliphatic hydroxyl groups excluding tert-OH is 1. The second-order valence-electron chi connectivity index (χ2n) is 13.1. The molecule has 310 valence electrons. The summed E-state index contributed by atoms with van der Waals surface area (Å²) in [5, 5.41) is 41.9. The number of aliphatic carboxylic acids is 2. The Kier molecular flexibility index (Phi) is 14.8. The number of aromatic amines is 1. The molecule has 0 saturated carbocycles. The number of nitrogens with one attached hydrogen (secondary N) is 2. The number of carboxylic acid groups (broad SMARTS) is 2. The van der Waals surface area contributed by atoms with E-state index in [0.29, 0.717) is 54.9 Å². The summed E-state index contributed by atoms with van der Waals surface area (Å²) < 4.78 is 69.8. The Morgan fingerprint density at radius 1 is 0.982 bits per heavy atom. The van der Waals surface area contributed by atoms with Crippen molar-refractivity contribution in [1.82, 2.24) is 25.1 Å². The number of morpholine rings is 1. The second-order valence-corrected chi connectivity index (χ2v) is 14.2. The summed E-state index contributed by atoms with van der Waals surface area (Å²) >= 11 is 1.50. The first kappa shape index (κ1) is 44.6. The molecule has 0 aliphatic carbocycles. The smallest absolute Gasteiger partial charge is 0.490 e. The van der Waals surface area contributed by atoms with E-state index in [0.717, 1.165) is 43.0 Å². The number of aryl methyl sites for hydroxylation is 1. The molecule has 1 amide bonds. The molecule has 6 rings (SSSR count). The molecule has 2 aromatic carbocycles. The third kappa shape index (κ3) is 12.7. The van der Waals surface area contributed by atoms with Crippen molar-refractivity contribution >= 4 is 40.1 Å². The molecule has 1 atom stereocenters. The first-order chi connectivity index (χ1) is 26.7. The number of halogens is 6. The molecule has 2 aromatic heterocycles. The summed E-state index contributed by atoms with van der Waals surface area (Å²) in [5.74, 6) is -5.54. The molecule has 2 aliphatic heterocycles. The molecule has 57 heavy (non-hydrogen) atoms. The lowest BCUT2D eigenvalue weighted by Gasteiger charge is -2.47. The van der Waals surface area contributed by atoms with Crippen LogP contribution in [-0.4, -0.2) is 115 Å². The highest BCUT2D eigenvalue weighted by molar-refractivity contribution is 7.09. The van der Waals surface area contributed by atoms with Crippen molar-refractivity contribution in [2.45, 2.75) is 56.9 Å². The van der Waals surface area contributed by atoms with Crippen LogP contribution in [0, 0.1) is 6.92 Å². The van der Waals surface area contributed by atoms with Crippen LogP contribution in [0.25, 0.3) is 10.9 Å². The molecule has 2 fully saturated rings. The van der Waals surface area contributed by atoms with Crippen molar-refractivity contribution in [2.75, 3.05) is 39.3 Å². The number of hydrogen-bond acceptors (Lipinski definition) is 11. The van der Waals surface area contributed by atoms with Gasteiger partial charge in [0, 0.05) is 56.1 Å². The number of H-pyrrole nitrogens is 1. The van der Waals surface area contributed by atoms with Crippen molar-refractivity contribution in [1.29, 1.82) is 0 Å². The van der Waals surface area contributed by atoms with Gasteiger partial charge in [-0.15, -0.1) is 11.3 Å². The molecular weight excluding hydrogens is 792 g/mol. The third-order valence-electron chi connectivity index (χ3n) is 8.96. The van der Waals surface area contributed by atoms with E-state index in [2.05, 4.69) is 44.5 Å². The molecule has 0 radical (unpaired) electrons. The number of carbonyl (C=O) groups is 3. The van der Waals surface area contributed by atoms with E-state index in [1.165, 1.54) is 29.0 Å². The number of rotatable bonds is 8. The zero-order valence-electron chi connectivity index (χ0n) is 30.2. The van der Waals surface area contributed by atoms with Crippen LogP contribution in [-0.2, 0) is 27.4 Å². The number of amides is 1. The SMILES string of the molecule is Cc1nc(C(=O)N2CCOC3(CCN(Cc4cccc(CNC[C@H](O)c5ccc(O)c6[nH]c(=O)ccc56)c4)CC3)C2)cs1.O=C(O)C(F)(F)F.O=C(O)C(F)(F)F. The van der Waals surface area contributed by atoms with Crippen LogP contribution in [0.5, 0.6) is 5.75 Å². The maximum atomic E-state index is 13.0. The molecule has 2 saturated heterocycles. The number of fused-ring (bicyclic) bond motifs is 1. The minimum atomic E-state index is -5.08. The zero-order valence-corrected chi connectivity index (χ0v) is 31.0. The van der Waals surface area contributed by atoms with Crippen molar-refractivity contribution in [3.05, 3.63) is 91.7 Å². The van der Waals surface area contributed by atoms with Gasteiger partial charge in [-0.3, -0.25) is 14.5 Å². The Bertz CT molecular complexity index is 2060. The van der Waals surface area contributed by atoms with Gasteiger partial charge in [-0.25, -0.2) is 14.6 Å². The quantitative estimate of drug-likeness (QED) is 0.135. The first-order valence-electron chi connectivity index (χ1n) is 17.2. The van der Waals surface area contributed by atoms with Gasteiger partial charge >= 0.3 is 24.3 Å². The lowest BCUT2D eigenvalue weighted by molar-refractivity contribution is -0.193. The van der Waals surface area contributed by atoms with Gasteiger partial charge in [0.2, 0.25) is 5.56 Å². The number of phenols is 1. The lowest BCUT2D eigenvalue weighted by Crippen LogP contribution is -2.58. The summed E-state index contributed by atoms with van der Waals surface area (Å²) in [6, 6.07) is 14.6. The number of carboxylic acids is 2. The summed E-state index contributed by atoms with van der Waals surface area (Å²) in [6.45, 7) is 7.24. The number of aromatic nitrogens is 2. The molecule has 1 spiro atoms. The van der Waals surface area contributed by atoms with Gasteiger partial charge in [0.05, 0.1) is 35.4 Å². The van der Waals surface area contributed by atoms with Crippen molar-refractivity contribution in [3.63, 3.8) is 0 Å². The summed E-state index contributed by atoms with van der Waals surface area (Å²) in [6.07, 6.45) is -9.21. The number of pyridine rings is 1. The molecule has 4 heterocycles. The van der Waals surface area contributed by atoms with E-state index in [1.54, 1.807) is 12.1 Å². The zero-order chi connectivity index (χ0) is 42.1. The van der Waals surface area contributed by atoms with E-state index < -0.39 is 30.4 Å². The topological polar surface area (TPSA) is 206 Å². The number of alkyl halides is 6.